The lowest BCUT2D eigenvalue weighted by molar-refractivity contribution is 1.66. The SMILES string of the molecule is Nc1ccccc1C=P. The normalized spacial score (nSPS) is 8.89. The van der Waals surface area contributed by atoms with Crippen molar-refractivity contribution in [2.45, 2.75) is 0 Å². The first kappa shape index (κ1) is 6.31. The van der Waals surface area contributed by atoms with Crippen molar-refractivity contribution in [2.24, 2.45) is 0 Å². The second-order valence-electron chi connectivity index (χ2n) is 1.77. The second-order valence-corrected chi connectivity index (χ2v) is 2.06. The summed E-state index contributed by atoms with van der Waals surface area (Å²) in [5.41, 5.74) is 7.39. The van der Waals surface area contributed by atoms with Crippen LogP contribution in [0.3, 0.4) is 0 Å². The number of nitrogens with two attached hydrogens (primary N) is 1. The monoisotopic (exact) mass is 137 g/mol. The molecule has 0 radical (unpaired) electrons. The van der Waals surface area contributed by atoms with Crippen LogP contribution in [0.25, 0.3) is 0 Å². The first-order valence-corrected chi connectivity index (χ1v) is 3.27. The highest BCUT2D eigenvalue weighted by Crippen LogP contribution is 2.06. The van der Waals surface area contributed by atoms with Crippen molar-refractivity contribution >= 4 is 20.3 Å². The molecule has 9 heavy (non-hydrogen) atoms. The third-order valence-electron chi connectivity index (χ3n) is 1.15. The average molecular weight is 137 g/mol. The molecule has 0 aliphatic rings. The highest BCUT2D eigenvalue weighted by molar-refractivity contribution is 7.19. The largest absolute Gasteiger partial charge is 0.398 e. The van der Waals surface area contributed by atoms with Gasteiger partial charge in [0.1, 0.15) is 0 Å². The Morgan fingerprint density at radius 2 is 2.00 bits per heavy atom. The molecular weight excluding hydrogens is 129 g/mol. The van der Waals surface area contributed by atoms with E-state index in [1.54, 1.807) is 5.80 Å². The van der Waals surface area contributed by atoms with Crippen molar-refractivity contribution in [3.05, 3.63) is 29.8 Å². The van der Waals surface area contributed by atoms with Crippen LogP contribution in [0.15, 0.2) is 24.3 Å². The molecule has 2 heteroatoms. The zero-order valence-electron chi connectivity index (χ0n) is 4.96. The van der Waals surface area contributed by atoms with Crippen LogP contribution in [0.2, 0.25) is 0 Å². The summed E-state index contributed by atoms with van der Waals surface area (Å²) in [6, 6.07) is 7.67. The van der Waals surface area contributed by atoms with Gasteiger partial charge in [0, 0.05) is 11.3 Å². The molecule has 0 saturated carbocycles. The Morgan fingerprint density at radius 1 is 1.33 bits per heavy atom. The number of anilines is 1. The van der Waals surface area contributed by atoms with Crippen molar-refractivity contribution in [2.75, 3.05) is 5.73 Å². The molecule has 1 rings (SSSR count). The zero-order valence-corrected chi connectivity index (χ0v) is 5.96. The van der Waals surface area contributed by atoms with E-state index in [9.17, 15) is 0 Å². The van der Waals surface area contributed by atoms with Crippen LogP contribution in [-0.4, -0.2) is 5.80 Å². The second kappa shape index (κ2) is 2.65. The molecular formula is C7H8NP. The highest BCUT2D eigenvalue weighted by atomic mass is 31.0. The van der Waals surface area contributed by atoms with Crippen LogP contribution >= 0.6 is 8.86 Å². The van der Waals surface area contributed by atoms with E-state index >= 15 is 0 Å². The van der Waals surface area contributed by atoms with Crippen molar-refractivity contribution in [3.63, 3.8) is 0 Å². The molecule has 0 heterocycles. The van der Waals surface area contributed by atoms with Gasteiger partial charge in [0.05, 0.1) is 0 Å². The van der Waals surface area contributed by atoms with Gasteiger partial charge in [-0.05, 0) is 11.9 Å². The first-order valence-electron chi connectivity index (χ1n) is 2.69. The number of rotatable bonds is 1. The van der Waals surface area contributed by atoms with Gasteiger partial charge < -0.3 is 5.73 Å². The molecule has 1 aromatic carbocycles. The van der Waals surface area contributed by atoms with Gasteiger partial charge >= 0.3 is 0 Å². The van der Waals surface area contributed by atoms with Crippen LogP contribution in [0.5, 0.6) is 0 Å². The topological polar surface area (TPSA) is 26.0 Å². The molecule has 1 nitrogen and oxygen atoms in total. The van der Waals surface area contributed by atoms with Crippen LogP contribution in [-0.2, 0) is 0 Å². The summed E-state index contributed by atoms with van der Waals surface area (Å²) >= 11 is 0. The highest BCUT2D eigenvalue weighted by Gasteiger charge is 1.87. The molecule has 1 aromatic rings. The molecule has 0 amide bonds. The Morgan fingerprint density at radius 3 is 2.44 bits per heavy atom. The summed E-state index contributed by atoms with van der Waals surface area (Å²) in [4.78, 5) is 0. The number of para-hydroxylation sites is 1. The van der Waals surface area contributed by atoms with E-state index in [-0.39, 0.29) is 0 Å². The van der Waals surface area contributed by atoms with Crippen molar-refractivity contribution in [1.82, 2.24) is 0 Å². The smallest absolute Gasteiger partial charge is 0.0390 e. The molecule has 2 N–H and O–H groups in total. The number of benzene rings is 1. The molecule has 0 aliphatic carbocycles. The van der Waals surface area contributed by atoms with Crippen molar-refractivity contribution < 1.29 is 0 Å². The van der Waals surface area contributed by atoms with Crippen molar-refractivity contribution in [1.29, 1.82) is 0 Å². The van der Waals surface area contributed by atoms with Gasteiger partial charge in [-0.2, -0.15) is 0 Å². The van der Waals surface area contributed by atoms with Crippen LogP contribution in [0, 0.1) is 0 Å². The van der Waals surface area contributed by atoms with Gasteiger partial charge in [-0.1, -0.05) is 18.2 Å². The van der Waals surface area contributed by atoms with E-state index in [1.807, 2.05) is 24.3 Å². The van der Waals surface area contributed by atoms with Gasteiger partial charge in [0.15, 0.2) is 0 Å². The van der Waals surface area contributed by atoms with E-state index < -0.39 is 0 Å². The van der Waals surface area contributed by atoms with E-state index in [2.05, 4.69) is 8.86 Å². The first-order chi connectivity index (χ1) is 4.34. The quantitative estimate of drug-likeness (QED) is 0.461. The molecule has 46 valence electrons. The van der Waals surface area contributed by atoms with Crippen LogP contribution < -0.4 is 5.73 Å². The van der Waals surface area contributed by atoms with Gasteiger partial charge in [-0.25, -0.2) is 0 Å². The lowest BCUT2D eigenvalue weighted by Gasteiger charge is -1.95. The van der Waals surface area contributed by atoms with Crippen LogP contribution in [0.1, 0.15) is 5.56 Å². The molecule has 0 aromatic heterocycles. The lowest BCUT2D eigenvalue weighted by Crippen LogP contribution is -1.89. The fourth-order valence-corrected chi connectivity index (χ4v) is 0.905. The molecule has 0 bridgehead atoms. The summed E-state index contributed by atoms with van der Waals surface area (Å²) < 4.78 is 0. The fraction of sp³-hybridized carbons (Fsp3) is 0. The summed E-state index contributed by atoms with van der Waals surface area (Å²) in [5, 5.41) is 0. The lowest BCUT2D eigenvalue weighted by atomic mass is 10.2. The van der Waals surface area contributed by atoms with Crippen molar-refractivity contribution in [3.8, 4) is 0 Å². The molecule has 0 unspecified atom stereocenters. The number of hydrogen-bond acceptors (Lipinski definition) is 1. The number of hydrogen-bond donors (Lipinski definition) is 1. The summed E-state index contributed by atoms with van der Waals surface area (Å²) in [6.07, 6.45) is 0. The third kappa shape index (κ3) is 1.30. The van der Waals surface area contributed by atoms with Gasteiger partial charge in [-0.3, -0.25) is 0 Å². The minimum Gasteiger partial charge on any atom is -0.398 e. The summed E-state index contributed by atoms with van der Waals surface area (Å²) in [7, 11) is 3.25. The van der Waals surface area contributed by atoms with E-state index in [1.165, 1.54) is 0 Å². The Hall–Kier alpha value is -0.810. The maximum absolute atomic E-state index is 5.57. The average Bonchev–Trinajstić information content (AvgIpc) is 1.89. The number of nitrogen functional groups attached to an aromatic ring is 1. The van der Waals surface area contributed by atoms with E-state index in [4.69, 9.17) is 5.73 Å². The predicted molar refractivity (Wildman–Crippen MR) is 44.3 cm³/mol. The maximum Gasteiger partial charge on any atom is 0.0390 e. The van der Waals surface area contributed by atoms with E-state index in [0.29, 0.717) is 0 Å². The Bertz CT molecular complexity index is 220. The standard InChI is InChI=1S/C7H8NP/c8-7-4-2-1-3-6(7)5-9/h1-5,9H,8H2. The Kier molecular flexibility index (Phi) is 1.86. The van der Waals surface area contributed by atoms with Gasteiger partial charge in [0.2, 0.25) is 0 Å². The molecule has 0 fully saturated rings. The van der Waals surface area contributed by atoms with Gasteiger partial charge in [-0.15, -0.1) is 8.86 Å². The van der Waals surface area contributed by atoms with E-state index in [0.717, 1.165) is 11.3 Å². The predicted octanol–water partition coefficient (Wildman–Crippen LogP) is 1.56. The molecule has 0 saturated heterocycles. The molecule has 0 atom stereocenters. The third-order valence-corrected chi connectivity index (χ3v) is 1.46. The van der Waals surface area contributed by atoms with Gasteiger partial charge in [0.25, 0.3) is 0 Å². The fourth-order valence-electron chi connectivity index (χ4n) is 0.642. The minimum atomic E-state index is 0.799. The molecule has 0 spiro atoms. The maximum atomic E-state index is 5.57. The molecule has 0 aliphatic heterocycles. The van der Waals surface area contributed by atoms with Crippen LogP contribution in [0.4, 0.5) is 5.69 Å². The zero-order chi connectivity index (χ0) is 6.69. The summed E-state index contributed by atoms with van der Waals surface area (Å²) in [6.45, 7) is 0. The Labute approximate surface area is 56.7 Å². The Balaban J connectivity index is 3.15. The minimum absolute atomic E-state index is 0.799. The summed E-state index contributed by atoms with van der Waals surface area (Å²) in [5.74, 6) is 1.80.